The van der Waals surface area contributed by atoms with Gasteiger partial charge in [-0.2, -0.15) is 0 Å². The minimum absolute atomic E-state index is 0. The first kappa shape index (κ1) is 23.7. The van der Waals surface area contributed by atoms with E-state index in [1.54, 1.807) is 6.26 Å². The van der Waals surface area contributed by atoms with Crippen molar-refractivity contribution in [2.24, 2.45) is 0 Å². The molecule has 0 aliphatic carbocycles. The van der Waals surface area contributed by atoms with Gasteiger partial charge in [0.2, 0.25) is 0 Å². The Morgan fingerprint density at radius 2 is 1.62 bits per heavy atom. The second-order valence-electron chi connectivity index (χ2n) is 7.60. The molecule has 1 unspecified atom stereocenters. The molecule has 1 aliphatic heterocycles. The van der Waals surface area contributed by atoms with Crippen molar-refractivity contribution in [1.82, 2.24) is 9.80 Å². The number of halogens is 2. The number of nitrogens with zero attached hydrogens (tertiary/aromatic N) is 2. The van der Waals surface area contributed by atoms with Crippen LogP contribution in [0, 0.1) is 0 Å². The van der Waals surface area contributed by atoms with Crippen molar-refractivity contribution in [2.45, 2.75) is 25.5 Å². The number of rotatable bonds is 6. The lowest BCUT2D eigenvalue weighted by molar-refractivity contribution is -0.0176. The minimum atomic E-state index is -0.826. The molecule has 1 aliphatic rings. The van der Waals surface area contributed by atoms with Gasteiger partial charge >= 0.3 is 0 Å². The van der Waals surface area contributed by atoms with Crippen LogP contribution in [0.15, 0.2) is 65.3 Å². The Kier molecular flexibility index (Phi) is 8.56. The highest BCUT2D eigenvalue weighted by molar-refractivity contribution is 5.85. The molecule has 3 aromatic rings. The van der Waals surface area contributed by atoms with Gasteiger partial charge in [-0.1, -0.05) is 43.3 Å². The van der Waals surface area contributed by atoms with Gasteiger partial charge in [0.1, 0.15) is 11.2 Å². The second-order valence-corrected chi connectivity index (χ2v) is 7.60. The van der Waals surface area contributed by atoms with Gasteiger partial charge < -0.3 is 9.52 Å². The van der Waals surface area contributed by atoms with E-state index in [1.165, 1.54) is 5.56 Å². The van der Waals surface area contributed by atoms with E-state index in [0.717, 1.165) is 49.3 Å². The fraction of sp³-hybridized carbons (Fsp3) is 0.391. The van der Waals surface area contributed by atoms with Crippen molar-refractivity contribution in [3.05, 3.63) is 72.0 Å². The molecule has 29 heavy (non-hydrogen) atoms. The maximum Gasteiger partial charge on any atom is 0.133 e. The Bertz CT molecular complexity index is 879. The highest BCUT2D eigenvalue weighted by atomic mass is 35.5. The molecule has 1 N–H and O–H groups in total. The Balaban J connectivity index is 0.00000150. The van der Waals surface area contributed by atoms with E-state index < -0.39 is 5.60 Å². The molecule has 1 fully saturated rings. The van der Waals surface area contributed by atoms with Crippen LogP contribution in [0.1, 0.15) is 24.5 Å². The normalized spacial score (nSPS) is 17.3. The molecule has 0 amide bonds. The number of aliphatic hydroxyl groups is 1. The van der Waals surface area contributed by atoms with Gasteiger partial charge in [-0.3, -0.25) is 9.80 Å². The fourth-order valence-corrected chi connectivity index (χ4v) is 3.98. The summed E-state index contributed by atoms with van der Waals surface area (Å²) in [5, 5.41) is 12.4. The van der Waals surface area contributed by atoms with Crippen LogP contribution < -0.4 is 0 Å². The summed E-state index contributed by atoms with van der Waals surface area (Å²) in [5.74, 6) is 0. The molecular formula is C23H30Cl2N2O2. The molecule has 1 aromatic heterocycles. The van der Waals surface area contributed by atoms with E-state index in [-0.39, 0.29) is 24.8 Å². The van der Waals surface area contributed by atoms with Crippen molar-refractivity contribution < 1.29 is 9.52 Å². The smallest absolute Gasteiger partial charge is 0.133 e. The first-order valence-electron chi connectivity index (χ1n) is 9.85. The number of benzene rings is 2. The molecule has 4 nitrogen and oxygen atoms in total. The van der Waals surface area contributed by atoms with Crippen LogP contribution in [0.3, 0.4) is 0 Å². The maximum absolute atomic E-state index is 11.4. The van der Waals surface area contributed by atoms with Gasteiger partial charge in [0.15, 0.2) is 0 Å². The summed E-state index contributed by atoms with van der Waals surface area (Å²) in [6.45, 7) is 7.79. The summed E-state index contributed by atoms with van der Waals surface area (Å²) in [6, 6.07) is 18.6. The topological polar surface area (TPSA) is 39.9 Å². The molecule has 0 saturated carbocycles. The van der Waals surface area contributed by atoms with E-state index in [9.17, 15) is 5.11 Å². The third kappa shape index (κ3) is 5.53. The third-order valence-corrected chi connectivity index (χ3v) is 5.77. The standard InChI is InChI=1S/C23H28N2O2.2ClH/c1-2-23(26,21-8-9-22-20(16-21)10-15-27-22)18-25-13-11-24(12-14-25)17-19-6-4-3-5-7-19;;/h3-10,15-16,26H,2,11-14,17-18H2,1H3;2*1H. The molecule has 6 heteroatoms. The van der Waals surface area contributed by atoms with Crippen LogP contribution >= 0.6 is 24.8 Å². The summed E-state index contributed by atoms with van der Waals surface area (Å²) in [7, 11) is 0. The molecule has 158 valence electrons. The third-order valence-electron chi connectivity index (χ3n) is 5.77. The molecule has 0 spiro atoms. The average Bonchev–Trinajstić information content (AvgIpc) is 3.18. The zero-order valence-electron chi connectivity index (χ0n) is 16.8. The molecule has 0 bridgehead atoms. The number of piperazine rings is 1. The van der Waals surface area contributed by atoms with Gasteiger partial charge in [-0.15, -0.1) is 24.8 Å². The Labute approximate surface area is 185 Å². The van der Waals surface area contributed by atoms with E-state index >= 15 is 0 Å². The largest absolute Gasteiger partial charge is 0.464 e. The summed E-state index contributed by atoms with van der Waals surface area (Å²) in [6.07, 6.45) is 2.39. The van der Waals surface area contributed by atoms with Crippen molar-refractivity contribution in [3.63, 3.8) is 0 Å². The zero-order valence-corrected chi connectivity index (χ0v) is 18.4. The average molecular weight is 437 g/mol. The summed E-state index contributed by atoms with van der Waals surface area (Å²) < 4.78 is 5.43. The molecule has 0 radical (unpaired) electrons. The monoisotopic (exact) mass is 436 g/mol. The Hall–Kier alpha value is -1.56. The number of fused-ring (bicyclic) bond motifs is 1. The first-order valence-corrected chi connectivity index (χ1v) is 9.85. The highest BCUT2D eigenvalue weighted by Gasteiger charge is 2.31. The van der Waals surface area contributed by atoms with Gasteiger partial charge in [-0.25, -0.2) is 0 Å². The quantitative estimate of drug-likeness (QED) is 0.607. The molecule has 2 heterocycles. The fourth-order valence-electron chi connectivity index (χ4n) is 3.98. The van der Waals surface area contributed by atoms with Gasteiger partial charge in [0.25, 0.3) is 0 Å². The number of furan rings is 1. The van der Waals surface area contributed by atoms with Crippen molar-refractivity contribution in [2.75, 3.05) is 32.7 Å². The predicted octanol–water partition coefficient (Wildman–Crippen LogP) is 4.69. The Morgan fingerprint density at radius 1 is 0.931 bits per heavy atom. The first-order chi connectivity index (χ1) is 13.2. The molecule has 2 aromatic carbocycles. The van der Waals surface area contributed by atoms with E-state index in [4.69, 9.17) is 4.42 Å². The van der Waals surface area contributed by atoms with Crippen LogP contribution in [0.25, 0.3) is 11.0 Å². The van der Waals surface area contributed by atoms with Gasteiger partial charge in [-0.05, 0) is 35.7 Å². The summed E-state index contributed by atoms with van der Waals surface area (Å²) >= 11 is 0. The van der Waals surface area contributed by atoms with Gasteiger partial charge in [0.05, 0.1) is 6.26 Å². The van der Waals surface area contributed by atoms with Crippen LogP contribution in [-0.2, 0) is 12.1 Å². The lowest BCUT2D eigenvalue weighted by Gasteiger charge is -2.39. The van der Waals surface area contributed by atoms with Crippen LogP contribution in [-0.4, -0.2) is 47.6 Å². The number of hydrogen-bond donors (Lipinski definition) is 1. The van der Waals surface area contributed by atoms with E-state index in [2.05, 4.69) is 53.1 Å². The number of hydrogen-bond acceptors (Lipinski definition) is 4. The van der Waals surface area contributed by atoms with Crippen molar-refractivity contribution >= 4 is 35.8 Å². The predicted molar refractivity (Wildman–Crippen MR) is 123 cm³/mol. The maximum atomic E-state index is 11.4. The summed E-state index contributed by atoms with van der Waals surface area (Å²) in [4.78, 5) is 4.89. The SMILES string of the molecule is CCC(O)(CN1CCN(Cc2ccccc2)CC1)c1ccc2occc2c1.Cl.Cl. The van der Waals surface area contributed by atoms with Crippen molar-refractivity contribution in [3.8, 4) is 0 Å². The lowest BCUT2D eigenvalue weighted by atomic mass is 9.89. The van der Waals surface area contributed by atoms with Crippen LogP contribution in [0.4, 0.5) is 0 Å². The van der Waals surface area contributed by atoms with Gasteiger partial charge in [0, 0.05) is 44.7 Å². The van der Waals surface area contributed by atoms with E-state index in [1.807, 2.05) is 18.2 Å². The Morgan fingerprint density at radius 3 is 2.31 bits per heavy atom. The van der Waals surface area contributed by atoms with E-state index in [0.29, 0.717) is 13.0 Å². The minimum Gasteiger partial charge on any atom is -0.464 e. The van der Waals surface area contributed by atoms with Crippen molar-refractivity contribution in [1.29, 1.82) is 0 Å². The zero-order chi connectivity index (χ0) is 18.7. The molecule has 1 saturated heterocycles. The lowest BCUT2D eigenvalue weighted by Crippen LogP contribution is -2.50. The van der Waals surface area contributed by atoms with Crippen LogP contribution in [0.2, 0.25) is 0 Å². The highest BCUT2D eigenvalue weighted by Crippen LogP contribution is 2.30. The molecule has 4 rings (SSSR count). The number of β-amino-alcohol motifs (C(OH)–C–C–N with tert-alkyl or cyclic N) is 1. The second kappa shape index (κ2) is 10.5. The molecular weight excluding hydrogens is 407 g/mol. The molecule has 1 atom stereocenters. The van der Waals surface area contributed by atoms with Crippen LogP contribution in [0.5, 0.6) is 0 Å². The summed E-state index contributed by atoms with van der Waals surface area (Å²) in [5.41, 5.74) is 2.38.